The number of aryl methyl sites for hydroxylation is 1. The van der Waals surface area contributed by atoms with Crippen LogP contribution in [-0.4, -0.2) is 20.4 Å². The highest BCUT2D eigenvalue weighted by atomic mass is 16.1. The zero-order valence-corrected chi connectivity index (χ0v) is 16.8. The standard InChI is InChI=1S/C25H20N4O/c1-17-21(19-12-7-9-15-23(19)28(17)2)16-26-29-24(18-10-4-3-5-11-18)27-22-14-8-6-13-20(22)25(29)30/h3-16H,1-2H3. The normalized spacial score (nSPS) is 11.7. The van der Waals surface area contributed by atoms with Crippen molar-refractivity contribution >= 4 is 28.0 Å². The van der Waals surface area contributed by atoms with Crippen LogP contribution in [0.2, 0.25) is 0 Å². The molecule has 0 saturated carbocycles. The van der Waals surface area contributed by atoms with Gasteiger partial charge < -0.3 is 4.57 Å². The van der Waals surface area contributed by atoms with Gasteiger partial charge >= 0.3 is 0 Å². The highest BCUT2D eigenvalue weighted by molar-refractivity contribution is 6.01. The second-order valence-electron chi connectivity index (χ2n) is 7.26. The zero-order chi connectivity index (χ0) is 20.7. The van der Waals surface area contributed by atoms with Crippen molar-refractivity contribution in [2.75, 3.05) is 0 Å². The van der Waals surface area contributed by atoms with Gasteiger partial charge in [-0.1, -0.05) is 60.7 Å². The van der Waals surface area contributed by atoms with E-state index in [-0.39, 0.29) is 5.56 Å². The fraction of sp³-hybridized carbons (Fsp3) is 0.0800. The van der Waals surface area contributed by atoms with Crippen molar-refractivity contribution in [2.24, 2.45) is 12.1 Å². The van der Waals surface area contributed by atoms with E-state index >= 15 is 0 Å². The summed E-state index contributed by atoms with van der Waals surface area (Å²) < 4.78 is 3.54. The molecule has 2 heterocycles. The number of fused-ring (bicyclic) bond motifs is 2. The molecule has 0 fully saturated rings. The molecule has 146 valence electrons. The summed E-state index contributed by atoms with van der Waals surface area (Å²) in [6, 6.07) is 25.2. The van der Waals surface area contributed by atoms with E-state index in [0.717, 1.165) is 27.7 Å². The van der Waals surface area contributed by atoms with Gasteiger partial charge in [-0.3, -0.25) is 4.79 Å². The first kappa shape index (κ1) is 18.1. The molecular weight excluding hydrogens is 372 g/mol. The van der Waals surface area contributed by atoms with E-state index in [4.69, 9.17) is 4.98 Å². The summed E-state index contributed by atoms with van der Waals surface area (Å²) in [6.45, 7) is 2.06. The van der Waals surface area contributed by atoms with Gasteiger partial charge in [-0.2, -0.15) is 9.78 Å². The molecule has 0 N–H and O–H groups in total. The number of benzene rings is 3. The van der Waals surface area contributed by atoms with Gasteiger partial charge in [-0.15, -0.1) is 0 Å². The molecule has 5 aromatic rings. The molecule has 0 aliphatic carbocycles. The van der Waals surface area contributed by atoms with Crippen molar-refractivity contribution in [1.29, 1.82) is 0 Å². The van der Waals surface area contributed by atoms with Gasteiger partial charge in [-0.05, 0) is 25.1 Å². The number of para-hydroxylation sites is 2. The maximum absolute atomic E-state index is 13.3. The predicted molar refractivity (Wildman–Crippen MR) is 122 cm³/mol. The fourth-order valence-electron chi connectivity index (χ4n) is 3.83. The van der Waals surface area contributed by atoms with Crippen LogP contribution in [-0.2, 0) is 7.05 Å². The van der Waals surface area contributed by atoms with E-state index in [1.165, 1.54) is 4.68 Å². The van der Waals surface area contributed by atoms with Crippen LogP contribution in [0, 0.1) is 6.92 Å². The molecular formula is C25H20N4O. The average Bonchev–Trinajstić information content (AvgIpc) is 3.04. The second kappa shape index (κ2) is 7.12. The maximum Gasteiger partial charge on any atom is 0.282 e. The first-order valence-corrected chi connectivity index (χ1v) is 9.81. The molecule has 0 aliphatic heterocycles. The van der Waals surface area contributed by atoms with E-state index in [2.05, 4.69) is 28.7 Å². The van der Waals surface area contributed by atoms with E-state index in [1.54, 1.807) is 12.3 Å². The van der Waals surface area contributed by atoms with E-state index in [9.17, 15) is 4.79 Å². The molecule has 5 nitrogen and oxygen atoms in total. The Kier molecular flexibility index (Phi) is 4.29. The van der Waals surface area contributed by atoms with Crippen LogP contribution < -0.4 is 5.56 Å². The quantitative estimate of drug-likeness (QED) is 0.416. The topological polar surface area (TPSA) is 52.2 Å². The van der Waals surface area contributed by atoms with E-state index < -0.39 is 0 Å². The highest BCUT2D eigenvalue weighted by Gasteiger charge is 2.13. The number of hydrogen-bond donors (Lipinski definition) is 0. The Morgan fingerprint density at radius 3 is 2.33 bits per heavy atom. The second-order valence-corrected chi connectivity index (χ2v) is 7.26. The predicted octanol–water partition coefficient (Wildman–Crippen LogP) is 4.75. The summed E-state index contributed by atoms with van der Waals surface area (Å²) in [6.07, 6.45) is 1.77. The smallest absolute Gasteiger partial charge is 0.282 e. The Labute approximate surface area is 173 Å². The minimum atomic E-state index is -0.186. The minimum absolute atomic E-state index is 0.186. The van der Waals surface area contributed by atoms with E-state index in [1.807, 2.05) is 67.7 Å². The summed E-state index contributed by atoms with van der Waals surface area (Å²) in [5.41, 5.74) is 4.52. The van der Waals surface area contributed by atoms with Crippen molar-refractivity contribution in [3.05, 3.63) is 100 Å². The van der Waals surface area contributed by atoms with Crippen LogP contribution >= 0.6 is 0 Å². The molecule has 0 atom stereocenters. The van der Waals surface area contributed by atoms with E-state index in [0.29, 0.717) is 16.7 Å². The average molecular weight is 392 g/mol. The number of rotatable bonds is 3. The van der Waals surface area contributed by atoms with Gasteiger partial charge in [0.15, 0.2) is 5.82 Å². The minimum Gasteiger partial charge on any atom is -0.347 e. The van der Waals surface area contributed by atoms with Crippen LogP contribution in [0.15, 0.2) is 88.8 Å². The van der Waals surface area contributed by atoms with Crippen LogP contribution in [0.3, 0.4) is 0 Å². The molecule has 3 aromatic carbocycles. The van der Waals surface area contributed by atoms with Crippen molar-refractivity contribution in [2.45, 2.75) is 6.92 Å². The molecule has 5 heteroatoms. The highest BCUT2D eigenvalue weighted by Crippen LogP contribution is 2.24. The third-order valence-corrected chi connectivity index (χ3v) is 5.54. The molecule has 0 bridgehead atoms. The molecule has 0 amide bonds. The lowest BCUT2D eigenvalue weighted by Gasteiger charge is -2.09. The molecule has 0 unspecified atom stereocenters. The molecule has 0 saturated heterocycles. The fourth-order valence-corrected chi connectivity index (χ4v) is 3.83. The third kappa shape index (κ3) is 2.83. The van der Waals surface area contributed by atoms with Gasteiger partial charge in [0.25, 0.3) is 5.56 Å². The van der Waals surface area contributed by atoms with Crippen molar-refractivity contribution in [1.82, 2.24) is 14.2 Å². The summed E-state index contributed by atoms with van der Waals surface area (Å²) in [5, 5.41) is 6.28. The van der Waals surface area contributed by atoms with Crippen LogP contribution in [0.25, 0.3) is 33.2 Å². The lowest BCUT2D eigenvalue weighted by atomic mass is 10.1. The SMILES string of the molecule is Cc1c(C=Nn2c(-c3ccccc3)nc3ccccc3c2=O)c2ccccc2n1C. The van der Waals surface area contributed by atoms with Gasteiger partial charge in [0, 0.05) is 34.8 Å². The monoisotopic (exact) mass is 392 g/mol. The largest absolute Gasteiger partial charge is 0.347 e. The summed E-state index contributed by atoms with van der Waals surface area (Å²) in [5.74, 6) is 0.522. The first-order chi connectivity index (χ1) is 14.6. The summed E-state index contributed by atoms with van der Waals surface area (Å²) in [4.78, 5) is 18.1. The Morgan fingerprint density at radius 1 is 0.867 bits per heavy atom. The maximum atomic E-state index is 13.3. The molecule has 2 aromatic heterocycles. The summed E-state index contributed by atoms with van der Waals surface area (Å²) >= 11 is 0. The van der Waals surface area contributed by atoms with Gasteiger partial charge in [0.2, 0.25) is 0 Å². The molecule has 30 heavy (non-hydrogen) atoms. The number of hydrogen-bond acceptors (Lipinski definition) is 3. The van der Waals surface area contributed by atoms with Gasteiger partial charge in [-0.25, -0.2) is 4.98 Å². The molecule has 5 rings (SSSR count). The van der Waals surface area contributed by atoms with Crippen molar-refractivity contribution in [3.8, 4) is 11.4 Å². The lowest BCUT2D eigenvalue weighted by Crippen LogP contribution is -2.20. The van der Waals surface area contributed by atoms with Crippen LogP contribution in [0.4, 0.5) is 0 Å². The van der Waals surface area contributed by atoms with Crippen LogP contribution in [0.5, 0.6) is 0 Å². The third-order valence-electron chi connectivity index (χ3n) is 5.54. The lowest BCUT2D eigenvalue weighted by molar-refractivity contribution is 0.829. The number of nitrogens with zero attached hydrogens (tertiary/aromatic N) is 4. The molecule has 0 aliphatic rings. The van der Waals surface area contributed by atoms with Gasteiger partial charge in [0.1, 0.15) is 0 Å². The van der Waals surface area contributed by atoms with Crippen LogP contribution in [0.1, 0.15) is 11.3 Å². The van der Waals surface area contributed by atoms with Crippen molar-refractivity contribution in [3.63, 3.8) is 0 Å². The number of aromatic nitrogens is 3. The Balaban J connectivity index is 1.76. The summed E-state index contributed by atoms with van der Waals surface area (Å²) in [7, 11) is 2.04. The van der Waals surface area contributed by atoms with Gasteiger partial charge in [0.05, 0.1) is 17.1 Å². The Bertz CT molecular complexity index is 1480. The Morgan fingerprint density at radius 2 is 1.53 bits per heavy atom. The molecule has 0 spiro atoms. The molecule has 0 radical (unpaired) electrons. The Hall–Kier alpha value is -3.99. The first-order valence-electron chi connectivity index (χ1n) is 9.81. The zero-order valence-electron chi connectivity index (χ0n) is 16.8. The van der Waals surface area contributed by atoms with Crippen molar-refractivity contribution < 1.29 is 0 Å².